The molecule has 2 aliphatic heterocycles. The molecule has 0 spiro atoms. The molecule has 29 heavy (non-hydrogen) atoms. The van der Waals surface area contributed by atoms with Crippen LogP contribution < -0.4 is 5.32 Å². The number of rotatable bonds is 4. The summed E-state index contributed by atoms with van der Waals surface area (Å²) in [6.07, 6.45) is 10.6. The smallest absolute Gasteiger partial charge is 0.274 e. The van der Waals surface area contributed by atoms with E-state index in [1.165, 1.54) is 25.7 Å². The molecule has 1 aliphatic carbocycles. The average Bonchev–Trinajstić information content (AvgIpc) is 3.35. The van der Waals surface area contributed by atoms with Crippen LogP contribution in [0.2, 0.25) is 0 Å². The van der Waals surface area contributed by atoms with Crippen LogP contribution in [-0.2, 0) is 4.79 Å². The van der Waals surface area contributed by atoms with Gasteiger partial charge in [-0.25, -0.2) is 0 Å². The Kier molecular flexibility index (Phi) is 7.95. The molecule has 3 heterocycles. The number of nitrogens with zero attached hydrogens (tertiary/aromatic N) is 4. The van der Waals surface area contributed by atoms with Crippen molar-refractivity contribution in [3.05, 3.63) is 18.0 Å². The van der Waals surface area contributed by atoms with Crippen LogP contribution in [0.4, 0.5) is 0 Å². The molecule has 1 N–H and O–H groups in total. The van der Waals surface area contributed by atoms with E-state index in [-0.39, 0.29) is 24.2 Å². The summed E-state index contributed by atoms with van der Waals surface area (Å²) < 4.78 is 1.94. The Morgan fingerprint density at radius 2 is 1.76 bits per heavy atom. The zero-order valence-electron chi connectivity index (χ0n) is 17.2. The van der Waals surface area contributed by atoms with E-state index >= 15 is 0 Å². The minimum Gasteiger partial charge on any atom is -0.341 e. The summed E-state index contributed by atoms with van der Waals surface area (Å²) >= 11 is 0. The maximum atomic E-state index is 12.9. The Labute approximate surface area is 179 Å². The van der Waals surface area contributed by atoms with Crippen LogP contribution in [-0.4, -0.2) is 70.7 Å². The van der Waals surface area contributed by atoms with Gasteiger partial charge in [-0.15, -0.1) is 12.4 Å². The number of piperidine rings is 1. The third kappa shape index (κ3) is 5.51. The maximum Gasteiger partial charge on any atom is 0.274 e. The van der Waals surface area contributed by atoms with E-state index in [2.05, 4.69) is 10.4 Å². The van der Waals surface area contributed by atoms with E-state index in [9.17, 15) is 9.59 Å². The molecule has 1 aromatic heterocycles. The first-order chi connectivity index (χ1) is 13.7. The third-order valence-corrected chi connectivity index (χ3v) is 6.55. The second-order valence-corrected chi connectivity index (χ2v) is 8.56. The lowest BCUT2D eigenvalue weighted by atomic mass is 10.0. The van der Waals surface area contributed by atoms with Crippen molar-refractivity contribution in [2.75, 3.05) is 39.3 Å². The van der Waals surface area contributed by atoms with Crippen molar-refractivity contribution >= 4 is 24.2 Å². The number of amides is 2. The number of hydrogen-bond acceptors (Lipinski definition) is 4. The molecule has 2 amide bonds. The van der Waals surface area contributed by atoms with Crippen molar-refractivity contribution in [2.45, 2.75) is 57.4 Å². The van der Waals surface area contributed by atoms with E-state index in [1.807, 2.05) is 26.7 Å². The van der Waals surface area contributed by atoms with Crippen molar-refractivity contribution < 1.29 is 9.59 Å². The van der Waals surface area contributed by atoms with Crippen LogP contribution in [0.3, 0.4) is 0 Å². The quantitative estimate of drug-likeness (QED) is 0.807. The normalized spacial score (nSPS) is 23.5. The van der Waals surface area contributed by atoms with Gasteiger partial charge in [0.25, 0.3) is 5.91 Å². The van der Waals surface area contributed by atoms with Crippen LogP contribution in [0.5, 0.6) is 0 Å². The minimum absolute atomic E-state index is 0. The first-order valence-electron chi connectivity index (χ1n) is 11.0. The van der Waals surface area contributed by atoms with Crippen molar-refractivity contribution in [3.63, 3.8) is 0 Å². The highest BCUT2D eigenvalue weighted by atomic mass is 35.5. The van der Waals surface area contributed by atoms with Crippen LogP contribution in [0.25, 0.3) is 0 Å². The van der Waals surface area contributed by atoms with Crippen LogP contribution in [0.1, 0.15) is 67.9 Å². The van der Waals surface area contributed by atoms with Gasteiger partial charge < -0.3 is 15.1 Å². The first-order valence-corrected chi connectivity index (χ1v) is 11.0. The molecule has 1 unspecified atom stereocenters. The molecular weight excluding hydrogens is 390 g/mol. The van der Waals surface area contributed by atoms with E-state index < -0.39 is 0 Å². The monoisotopic (exact) mass is 423 g/mol. The second-order valence-electron chi connectivity index (χ2n) is 8.56. The van der Waals surface area contributed by atoms with E-state index in [1.54, 1.807) is 0 Å². The molecule has 4 rings (SSSR count). The number of carbonyl (C=O) groups excluding carboxylic acids is 2. The van der Waals surface area contributed by atoms with Gasteiger partial charge in [0.2, 0.25) is 5.91 Å². The Morgan fingerprint density at radius 1 is 1.00 bits per heavy atom. The van der Waals surface area contributed by atoms with Gasteiger partial charge in [-0.05, 0) is 50.6 Å². The van der Waals surface area contributed by atoms with Gasteiger partial charge in [-0.3, -0.25) is 14.3 Å². The maximum absolute atomic E-state index is 12.9. The molecule has 162 valence electrons. The van der Waals surface area contributed by atoms with Gasteiger partial charge in [-0.1, -0.05) is 12.8 Å². The number of nitrogens with one attached hydrogen (secondary N) is 1. The Bertz CT molecular complexity index is 682. The number of halogens is 1. The Morgan fingerprint density at radius 3 is 2.52 bits per heavy atom. The zero-order chi connectivity index (χ0) is 19.3. The summed E-state index contributed by atoms with van der Waals surface area (Å²) in [5.74, 6) is 0.842. The highest BCUT2D eigenvalue weighted by Gasteiger charge is 2.27. The first kappa shape index (κ1) is 22.1. The molecule has 1 saturated carbocycles. The molecule has 3 aliphatic rings. The fraction of sp³-hybridized carbons (Fsp3) is 0.762. The predicted molar refractivity (Wildman–Crippen MR) is 114 cm³/mol. The van der Waals surface area contributed by atoms with Gasteiger partial charge in [0.05, 0.1) is 6.04 Å². The summed E-state index contributed by atoms with van der Waals surface area (Å²) in [6.45, 7) is 4.68. The van der Waals surface area contributed by atoms with Crippen molar-refractivity contribution in [3.8, 4) is 0 Å². The van der Waals surface area contributed by atoms with Crippen LogP contribution in [0, 0.1) is 5.92 Å². The van der Waals surface area contributed by atoms with Crippen molar-refractivity contribution in [2.24, 2.45) is 5.92 Å². The van der Waals surface area contributed by atoms with Gasteiger partial charge in [-0.2, -0.15) is 5.10 Å². The average molecular weight is 424 g/mol. The highest BCUT2D eigenvalue weighted by molar-refractivity contribution is 5.92. The largest absolute Gasteiger partial charge is 0.341 e. The summed E-state index contributed by atoms with van der Waals surface area (Å²) in [5.41, 5.74) is 0.524. The van der Waals surface area contributed by atoms with E-state index in [0.717, 1.165) is 38.9 Å². The Hall–Kier alpha value is -1.60. The standard InChI is InChI=1S/C21H33N5O2.ClH/c27-20(15-17-5-1-2-6-17)24-10-4-11-25(14-13-24)21(28)19-8-12-26(23-19)18-7-3-9-22-16-18;/h8,12,17-18,22H,1-7,9-11,13-16H2;1H. The SMILES string of the molecule is Cl.O=C(CC1CCCC1)N1CCCN(C(=O)c2ccn(C3CCCNC3)n2)CC1. The van der Waals surface area contributed by atoms with Crippen molar-refractivity contribution in [1.82, 2.24) is 24.9 Å². The van der Waals surface area contributed by atoms with Crippen LogP contribution >= 0.6 is 12.4 Å². The second kappa shape index (κ2) is 10.4. The fourth-order valence-corrected chi connectivity index (χ4v) is 4.84. The number of carbonyl (C=O) groups is 2. The predicted octanol–water partition coefficient (Wildman–Crippen LogP) is 2.48. The molecule has 1 aromatic rings. The molecule has 8 heteroatoms. The van der Waals surface area contributed by atoms with Crippen LogP contribution in [0.15, 0.2) is 12.3 Å². The minimum atomic E-state index is -0.00684. The molecular formula is C21H34ClN5O2. The van der Waals surface area contributed by atoms with Gasteiger partial charge in [0.1, 0.15) is 5.69 Å². The molecule has 3 fully saturated rings. The van der Waals surface area contributed by atoms with E-state index in [4.69, 9.17) is 0 Å². The number of aromatic nitrogens is 2. The summed E-state index contributed by atoms with van der Waals surface area (Å²) in [7, 11) is 0. The summed E-state index contributed by atoms with van der Waals surface area (Å²) in [5, 5.41) is 7.96. The molecule has 0 radical (unpaired) electrons. The zero-order valence-corrected chi connectivity index (χ0v) is 18.0. The number of hydrogen-bond donors (Lipinski definition) is 1. The molecule has 7 nitrogen and oxygen atoms in total. The molecule has 0 bridgehead atoms. The summed E-state index contributed by atoms with van der Waals surface area (Å²) in [6, 6.07) is 2.17. The molecule has 2 saturated heterocycles. The topological polar surface area (TPSA) is 70.5 Å². The molecule has 1 atom stereocenters. The lowest BCUT2D eigenvalue weighted by Gasteiger charge is -2.23. The molecule has 0 aromatic carbocycles. The lowest BCUT2D eigenvalue weighted by Crippen LogP contribution is -2.38. The highest BCUT2D eigenvalue weighted by Crippen LogP contribution is 2.28. The van der Waals surface area contributed by atoms with E-state index in [0.29, 0.717) is 43.7 Å². The van der Waals surface area contributed by atoms with Crippen molar-refractivity contribution in [1.29, 1.82) is 0 Å². The van der Waals surface area contributed by atoms with Gasteiger partial charge >= 0.3 is 0 Å². The van der Waals surface area contributed by atoms with Gasteiger partial charge in [0, 0.05) is 45.3 Å². The fourth-order valence-electron chi connectivity index (χ4n) is 4.84. The summed E-state index contributed by atoms with van der Waals surface area (Å²) in [4.78, 5) is 29.4. The lowest BCUT2D eigenvalue weighted by molar-refractivity contribution is -0.132. The Balaban J connectivity index is 0.00000240. The third-order valence-electron chi connectivity index (χ3n) is 6.55. The van der Waals surface area contributed by atoms with Gasteiger partial charge in [0.15, 0.2) is 0 Å².